The third kappa shape index (κ3) is 4.73. The van der Waals surface area contributed by atoms with Crippen molar-refractivity contribution in [3.8, 4) is 0 Å². The average molecular weight is 394 g/mol. The van der Waals surface area contributed by atoms with Gasteiger partial charge in [-0.15, -0.1) is 0 Å². The normalized spacial score (nSPS) is 19.7. The van der Waals surface area contributed by atoms with Crippen LogP contribution in [0.15, 0.2) is 54.6 Å². The number of rotatable bonds is 5. The number of hydrogen-bond acceptors (Lipinski definition) is 2. The highest BCUT2D eigenvalue weighted by atomic mass is 19.1. The Morgan fingerprint density at radius 2 is 2.00 bits per heavy atom. The Morgan fingerprint density at radius 1 is 1.24 bits per heavy atom. The van der Waals surface area contributed by atoms with E-state index >= 15 is 0 Å². The van der Waals surface area contributed by atoms with E-state index in [2.05, 4.69) is 5.32 Å². The van der Waals surface area contributed by atoms with Crippen LogP contribution in [0.5, 0.6) is 0 Å². The summed E-state index contributed by atoms with van der Waals surface area (Å²) in [6.07, 6.45) is 4.49. The number of nitrogens with one attached hydrogen (secondary N) is 1. The quantitative estimate of drug-likeness (QED) is 0.750. The highest BCUT2D eigenvalue weighted by molar-refractivity contribution is 6.06. The molecule has 4 nitrogen and oxygen atoms in total. The molecule has 29 heavy (non-hydrogen) atoms. The van der Waals surface area contributed by atoms with Gasteiger partial charge in [-0.25, -0.2) is 4.39 Å². The highest BCUT2D eigenvalue weighted by Crippen LogP contribution is 2.38. The van der Waals surface area contributed by atoms with Gasteiger partial charge in [0.1, 0.15) is 5.82 Å². The first-order chi connectivity index (χ1) is 13.9. The summed E-state index contributed by atoms with van der Waals surface area (Å²) >= 11 is 0. The minimum absolute atomic E-state index is 0.000974. The molecule has 152 valence electrons. The summed E-state index contributed by atoms with van der Waals surface area (Å²) in [6.45, 7) is 5.98. The summed E-state index contributed by atoms with van der Waals surface area (Å²) in [5.74, 6) is -0.811. The van der Waals surface area contributed by atoms with Gasteiger partial charge in [-0.05, 0) is 62.1 Å². The summed E-state index contributed by atoms with van der Waals surface area (Å²) in [5, 5.41) is 3.06. The Labute approximate surface area is 171 Å². The van der Waals surface area contributed by atoms with Gasteiger partial charge in [0.15, 0.2) is 0 Å². The maximum absolute atomic E-state index is 13.4. The predicted octanol–water partition coefficient (Wildman–Crippen LogP) is 4.66. The van der Waals surface area contributed by atoms with Crippen molar-refractivity contribution >= 4 is 23.6 Å². The van der Waals surface area contributed by atoms with Gasteiger partial charge in [0.25, 0.3) is 5.91 Å². The van der Waals surface area contributed by atoms with E-state index in [1.807, 2.05) is 45.0 Å². The van der Waals surface area contributed by atoms with Crippen molar-refractivity contribution in [1.29, 1.82) is 0 Å². The van der Waals surface area contributed by atoms with Crippen molar-refractivity contribution in [2.45, 2.75) is 51.6 Å². The van der Waals surface area contributed by atoms with Crippen LogP contribution in [0.1, 0.15) is 50.7 Å². The van der Waals surface area contributed by atoms with Crippen molar-refractivity contribution in [2.24, 2.45) is 0 Å². The van der Waals surface area contributed by atoms with E-state index < -0.39 is 0 Å². The molecule has 0 bridgehead atoms. The number of anilines is 1. The summed E-state index contributed by atoms with van der Waals surface area (Å²) in [7, 11) is 0. The van der Waals surface area contributed by atoms with Gasteiger partial charge in [-0.1, -0.05) is 37.3 Å². The molecule has 3 rings (SSSR count). The molecule has 1 aliphatic heterocycles. The zero-order valence-corrected chi connectivity index (χ0v) is 17.1. The van der Waals surface area contributed by atoms with E-state index in [0.29, 0.717) is 12.0 Å². The first-order valence-corrected chi connectivity index (χ1v) is 10.1. The van der Waals surface area contributed by atoms with E-state index in [1.54, 1.807) is 23.1 Å². The second-order valence-corrected chi connectivity index (χ2v) is 7.61. The Hall–Kier alpha value is -2.95. The second kappa shape index (κ2) is 9.03. The van der Waals surface area contributed by atoms with Gasteiger partial charge in [0.05, 0.1) is 5.92 Å². The molecule has 2 aromatic rings. The number of nitrogens with zero attached hydrogens (tertiary/aromatic N) is 1. The first-order valence-electron chi connectivity index (χ1n) is 10.1. The fourth-order valence-corrected chi connectivity index (χ4v) is 3.70. The Morgan fingerprint density at radius 3 is 2.72 bits per heavy atom. The third-order valence-corrected chi connectivity index (χ3v) is 5.41. The van der Waals surface area contributed by atoms with Gasteiger partial charge in [-0.3, -0.25) is 9.59 Å². The lowest BCUT2D eigenvalue weighted by molar-refractivity contribution is -0.124. The molecule has 0 saturated carbocycles. The Bertz CT molecular complexity index is 925. The predicted molar refractivity (Wildman–Crippen MR) is 114 cm³/mol. The summed E-state index contributed by atoms with van der Waals surface area (Å²) in [5.41, 5.74) is 2.24. The molecule has 3 unspecified atom stereocenters. The zero-order chi connectivity index (χ0) is 21.0. The van der Waals surface area contributed by atoms with E-state index in [0.717, 1.165) is 17.7 Å². The van der Waals surface area contributed by atoms with Gasteiger partial charge >= 0.3 is 0 Å². The fourth-order valence-electron chi connectivity index (χ4n) is 3.70. The molecule has 0 aliphatic carbocycles. The SMILES string of the molecule is CCC(C)NC(=O)C1CC(C)N(C(=O)/C=C/c2cccc(F)c2)c2ccccc21. The van der Waals surface area contributed by atoms with Crippen molar-refractivity contribution in [1.82, 2.24) is 5.32 Å². The van der Waals surface area contributed by atoms with Gasteiger partial charge in [0.2, 0.25) is 5.91 Å². The molecule has 0 fully saturated rings. The summed E-state index contributed by atoms with van der Waals surface area (Å²) < 4.78 is 13.4. The van der Waals surface area contributed by atoms with Crippen LogP contribution in [0, 0.1) is 5.82 Å². The molecular formula is C24H27FN2O2. The van der Waals surface area contributed by atoms with Crippen LogP contribution in [-0.2, 0) is 9.59 Å². The third-order valence-electron chi connectivity index (χ3n) is 5.41. The average Bonchev–Trinajstić information content (AvgIpc) is 2.71. The minimum Gasteiger partial charge on any atom is -0.353 e. The molecule has 0 aromatic heterocycles. The molecule has 2 amide bonds. The zero-order valence-electron chi connectivity index (χ0n) is 17.1. The maximum atomic E-state index is 13.4. The molecule has 0 spiro atoms. The van der Waals surface area contributed by atoms with Gasteiger partial charge in [-0.2, -0.15) is 0 Å². The molecule has 1 aliphatic rings. The van der Waals surface area contributed by atoms with E-state index in [9.17, 15) is 14.0 Å². The van der Waals surface area contributed by atoms with Crippen LogP contribution >= 0.6 is 0 Å². The van der Waals surface area contributed by atoms with Crippen LogP contribution in [0.3, 0.4) is 0 Å². The minimum atomic E-state index is -0.341. The molecule has 1 heterocycles. The largest absolute Gasteiger partial charge is 0.353 e. The topological polar surface area (TPSA) is 49.4 Å². The van der Waals surface area contributed by atoms with Crippen LogP contribution in [-0.4, -0.2) is 23.9 Å². The number of amides is 2. The fraction of sp³-hybridized carbons (Fsp3) is 0.333. The molecule has 5 heteroatoms. The number of hydrogen-bond donors (Lipinski definition) is 1. The van der Waals surface area contributed by atoms with Crippen LogP contribution < -0.4 is 10.2 Å². The molecule has 0 saturated heterocycles. The number of halogens is 1. The molecule has 0 radical (unpaired) electrons. The molecule has 3 atom stereocenters. The molecule has 2 aromatic carbocycles. The monoisotopic (exact) mass is 394 g/mol. The maximum Gasteiger partial charge on any atom is 0.251 e. The van der Waals surface area contributed by atoms with Crippen LogP contribution in [0.4, 0.5) is 10.1 Å². The number of para-hydroxylation sites is 1. The number of benzene rings is 2. The Balaban J connectivity index is 1.87. The van der Waals surface area contributed by atoms with E-state index in [1.165, 1.54) is 18.2 Å². The van der Waals surface area contributed by atoms with E-state index in [4.69, 9.17) is 0 Å². The number of carbonyl (C=O) groups is 2. The van der Waals surface area contributed by atoms with Crippen molar-refractivity contribution < 1.29 is 14.0 Å². The van der Waals surface area contributed by atoms with Crippen molar-refractivity contribution in [2.75, 3.05) is 4.90 Å². The number of carbonyl (C=O) groups excluding carboxylic acids is 2. The van der Waals surface area contributed by atoms with Crippen molar-refractivity contribution in [3.05, 3.63) is 71.6 Å². The smallest absolute Gasteiger partial charge is 0.251 e. The Kier molecular flexibility index (Phi) is 6.47. The number of fused-ring (bicyclic) bond motifs is 1. The second-order valence-electron chi connectivity index (χ2n) is 7.61. The lowest BCUT2D eigenvalue weighted by atomic mass is 9.85. The summed E-state index contributed by atoms with van der Waals surface area (Å²) in [4.78, 5) is 27.5. The van der Waals surface area contributed by atoms with Crippen LogP contribution in [0.2, 0.25) is 0 Å². The lowest BCUT2D eigenvalue weighted by Gasteiger charge is -2.38. The summed E-state index contributed by atoms with van der Waals surface area (Å²) in [6, 6.07) is 13.6. The van der Waals surface area contributed by atoms with Crippen molar-refractivity contribution in [3.63, 3.8) is 0 Å². The molecule has 1 N–H and O–H groups in total. The standard InChI is InChI=1S/C24H27FN2O2/c1-4-16(2)26-24(29)21-14-17(3)27(22-11-6-5-10-20(21)22)23(28)13-12-18-8-7-9-19(25)15-18/h5-13,15-17,21H,4,14H2,1-3H3,(H,26,29)/b13-12+. The highest BCUT2D eigenvalue weighted by Gasteiger charge is 2.36. The van der Waals surface area contributed by atoms with Crippen LogP contribution in [0.25, 0.3) is 6.08 Å². The first kappa shape index (κ1) is 20.8. The van der Waals surface area contributed by atoms with Gasteiger partial charge < -0.3 is 10.2 Å². The van der Waals surface area contributed by atoms with E-state index in [-0.39, 0.29) is 35.6 Å². The van der Waals surface area contributed by atoms with Gasteiger partial charge in [0, 0.05) is 23.8 Å². The lowest BCUT2D eigenvalue weighted by Crippen LogP contribution is -2.46. The molecular weight excluding hydrogens is 367 g/mol.